The Balaban J connectivity index is 1.79. The van der Waals surface area contributed by atoms with Gasteiger partial charge in [-0.2, -0.15) is 0 Å². The van der Waals surface area contributed by atoms with Crippen molar-refractivity contribution in [1.29, 1.82) is 0 Å². The number of ether oxygens (including phenoxy) is 1. The van der Waals surface area contributed by atoms with Crippen molar-refractivity contribution in [3.63, 3.8) is 0 Å². The van der Waals surface area contributed by atoms with Crippen LogP contribution < -0.4 is 4.74 Å². The maximum Gasteiger partial charge on any atom is 0.174 e. The molecule has 118 valence electrons. The highest BCUT2D eigenvalue weighted by molar-refractivity contribution is 7.20. The summed E-state index contributed by atoms with van der Waals surface area (Å²) in [5, 5.41) is 2.27. The second-order valence-corrected chi connectivity index (χ2v) is 7.19. The van der Waals surface area contributed by atoms with Crippen LogP contribution in [0.1, 0.15) is 29.5 Å². The lowest BCUT2D eigenvalue weighted by molar-refractivity contribution is 0.253. The molecule has 0 amide bonds. The molecule has 1 aliphatic rings. The molecule has 0 aliphatic carbocycles. The van der Waals surface area contributed by atoms with Crippen molar-refractivity contribution in [3.05, 3.63) is 65.2 Å². The Morgan fingerprint density at radius 3 is 2.87 bits per heavy atom. The van der Waals surface area contributed by atoms with Gasteiger partial charge in [0.1, 0.15) is 0 Å². The summed E-state index contributed by atoms with van der Waals surface area (Å²) < 4.78 is 6.68. The number of likely N-dealkylation sites (N-methyl/N-ethyl adjacent to an activating group) is 1. The molecule has 2 aromatic carbocycles. The third kappa shape index (κ3) is 2.64. The molecule has 3 heteroatoms. The number of rotatable bonds is 3. The quantitative estimate of drug-likeness (QED) is 0.681. The first-order valence-electron chi connectivity index (χ1n) is 8.16. The van der Waals surface area contributed by atoms with Crippen LogP contribution in [0.15, 0.2) is 48.5 Å². The minimum Gasteiger partial charge on any atom is -0.487 e. The van der Waals surface area contributed by atoms with E-state index in [9.17, 15) is 0 Å². The normalized spacial score (nSPS) is 18.1. The second-order valence-electron chi connectivity index (χ2n) is 6.15. The first-order valence-corrected chi connectivity index (χ1v) is 8.97. The monoisotopic (exact) mass is 323 g/mol. The van der Waals surface area contributed by atoms with E-state index in [0.29, 0.717) is 5.92 Å². The molecule has 4 rings (SSSR count). The maximum absolute atomic E-state index is 5.39. The molecule has 0 radical (unpaired) electrons. The fourth-order valence-corrected chi connectivity index (χ4v) is 4.42. The van der Waals surface area contributed by atoms with Gasteiger partial charge in [0.15, 0.2) is 5.06 Å². The topological polar surface area (TPSA) is 12.5 Å². The van der Waals surface area contributed by atoms with E-state index in [0.717, 1.165) is 24.7 Å². The highest BCUT2D eigenvalue weighted by Gasteiger charge is 2.25. The Morgan fingerprint density at radius 2 is 2.04 bits per heavy atom. The fraction of sp³-hybridized carbons (Fsp3) is 0.300. The van der Waals surface area contributed by atoms with Crippen LogP contribution in [0.25, 0.3) is 10.1 Å². The van der Waals surface area contributed by atoms with Gasteiger partial charge in [0.05, 0.1) is 7.11 Å². The number of fused-ring (bicyclic) bond motifs is 2. The molecule has 0 N–H and O–H groups in total. The molecule has 1 aromatic heterocycles. The molecular weight excluding hydrogens is 302 g/mol. The van der Waals surface area contributed by atoms with Gasteiger partial charge in [-0.25, -0.2) is 0 Å². The van der Waals surface area contributed by atoms with E-state index in [4.69, 9.17) is 4.74 Å². The fourth-order valence-electron chi connectivity index (χ4n) is 3.56. The van der Waals surface area contributed by atoms with Crippen molar-refractivity contribution in [3.8, 4) is 5.06 Å². The van der Waals surface area contributed by atoms with E-state index in [2.05, 4.69) is 60.4 Å². The molecule has 1 aliphatic heterocycles. The summed E-state index contributed by atoms with van der Waals surface area (Å²) in [6.45, 7) is 5.51. The lowest BCUT2D eigenvalue weighted by atomic mass is 9.84. The zero-order valence-electron chi connectivity index (χ0n) is 13.6. The number of methoxy groups -OCH3 is 1. The van der Waals surface area contributed by atoms with Crippen LogP contribution >= 0.6 is 11.3 Å². The van der Waals surface area contributed by atoms with Crippen LogP contribution in [0, 0.1) is 0 Å². The van der Waals surface area contributed by atoms with Crippen LogP contribution in [-0.2, 0) is 6.54 Å². The second kappa shape index (κ2) is 5.99. The van der Waals surface area contributed by atoms with Crippen molar-refractivity contribution in [1.82, 2.24) is 4.90 Å². The molecule has 0 bridgehead atoms. The molecule has 1 unspecified atom stereocenters. The van der Waals surface area contributed by atoms with Gasteiger partial charge in [-0.1, -0.05) is 48.6 Å². The summed E-state index contributed by atoms with van der Waals surface area (Å²) >= 11 is 1.71. The first-order chi connectivity index (χ1) is 11.3. The maximum atomic E-state index is 5.39. The van der Waals surface area contributed by atoms with Crippen LogP contribution in [0.3, 0.4) is 0 Å². The van der Waals surface area contributed by atoms with Crippen LogP contribution in [0.4, 0.5) is 0 Å². The third-order valence-electron chi connectivity index (χ3n) is 4.83. The zero-order valence-corrected chi connectivity index (χ0v) is 14.4. The van der Waals surface area contributed by atoms with Gasteiger partial charge in [0, 0.05) is 23.7 Å². The molecule has 2 nitrogen and oxygen atoms in total. The van der Waals surface area contributed by atoms with Crippen molar-refractivity contribution < 1.29 is 4.74 Å². The number of nitrogens with zero attached hydrogens (tertiary/aromatic N) is 1. The predicted molar refractivity (Wildman–Crippen MR) is 97.6 cm³/mol. The molecule has 0 fully saturated rings. The number of thiophene rings is 1. The van der Waals surface area contributed by atoms with E-state index in [1.165, 1.54) is 26.8 Å². The lowest BCUT2D eigenvalue weighted by Gasteiger charge is -2.34. The zero-order chi connectivity index (χ0) is 15.8. The minimum atomic E-state index is 0.454. The Labute approximate surface area is 141 Å². The summed E-state index contributed by atoms with van der Waals surface area (Å²) in [7, 11) is 1.74. The Morgan fingerprint density at radius 1 is 1.17 bits per heavy atom. The number of benzene rings is 2. The standard InChI is InChI=1S/C20H21NOS/c1-3-21-12-15-6-4-5-7-17(15)18(13-21)14-8-9-19-16(10-14)11-20(22-2)23-19/h4-11,18H,3,12-13H2,1-2H3. The van der Waals surface area contributed by atoms with E-state index < -0.39 is 0 Å². The third-order valence-corrected chi connectivity index (χ3v) is 5.91. The smallest absolute Gasteiger partial charge is 0.174 e. The van der Waals surface area contributed by atoms with Gasteiger partial charge >= 0.3 is 0 Å². The summed E-state index contributed by atoms with van der Waals surface area (Å²) in [4.78, 5) is 2.53. The van der Waals surface area contributed by atoms with Crippen molar-refractivity contribution in [2.24, 2.45) is 0 Å². The van der Waals surface area contributed by atoms with Crippen LogP contribution in [0.5, 0.6) is 5.06 Å². The Hall–Kier alpha value is -1.84. The average Bonchev–Trinajstić information content (AvgIpc) is 3.03. The first kappa shape index (κ1) is 14.7. The van der Waals surface area contributed by atoms with Gasteiger partial charge in [-0.3, -0.25) is 4.90 Å². The molecule has 2 heterocycles. The summed E-state index contributed by atoms with van der Waals surface area (Å²) in [6, 6.07) is 17.9. The highest BCUT2D eigenvalue weighted by Crippen LogP contribution is 2.37. The number of hydrogen-bond acceptors (Lipinski definition) is 3. The highest BCUT2D eigenvalue weighted by atomic mass is 32.1. The SMILES string of the molecule is CCN1Cc2ccccc2C(c2ccc3sc(OC)cc3c2)C1. The van der Waals surface area contributed by atoms with Crippen molar-refractivity contribution in [2.75, 3.05) is 20.2 Å². The molecule has 1 atom stereocenters. The lowest BCUT2D eigenvalue weighted by Crippen LogP contribution is -2.33. The number of hydrogen-bond donors (Lipinski definition) is 0. The summed E-state index contributed by atoms with van der Waals surface area (Å²) in [5.41, 5.74) is 4.36. The molecular formula is C20H21NOS. The van der Waals surface area contributed by atoms with Crippen LogP contribution in [0.2, 0.25) is 0 Å². The summed E-state index contributed by atoms with van der Waals surface area (Å²) in [6.07, 6.45) is 0. The van der Waals surface area contributed by atoms with Gasteiger partial charge in [-0.15, -0.1) is 0 Å². The Kier molecular flexibility index (Phi) is 3.83. The van der Waals surface area contributed by atoms with E-state index in [-0.39, 0.29) is 0 Å². The molecule has 0 saturated carbocycles. The van der Waals surface area contributed by atoms with E-state index in [1.807, 2.05) is 0 Å². The van der Waals surface area contributed by atoms with Crippen LogP contribution in [-0.4, -0.2) is 25.1 Å². The van der Waals surface area contributed by atoms with Crippen molar-refractivity contribution in [2.45, 2.75) is 19.4 Å². The van der Waals surface area contributed by atoms with E-state index >= 15 is 0 Å². The van der Waals surface area contributed by atoms with Gasteiger partial charge < -0.3 is 4.74 Å². The average molecular weight is 323 g/mol. The molecule has 23 heavy (non-hydrogen) atoms. The van der Waals surface area contributed by atoms with E-state index in [1.54, 1.807) is 18.4 Å². The van der Waals surface area contributed by atoms with Gasteiger partial charge in [-0.05, 0) is 46.8 Å². The minimum absolute atomic E-state index is 0.454. The Bertz CT molecular complexity index is 839. The van der Waals surface area contributed by atoms with Gasteiger partial charge in [0.25, 0.3) is 0 Å². The predicted octanol–water partition coefficient (Wildman–Crippen LogP) is 4.88. The molecule has 0 saturated heterocycles. The molecule has 3 aromatic rings. The van der Waals surface area contributed by atoms with Gasteiger partial charge in [0.2, 0.25) is 0 Å². The molecule has 0 spiro atoms. The van der Waals surface area contributed by atoms with Crippen molar-refractivity contribution >= 4 is 21.4 Å². The largest absolute Gasteiger partial charge is 0.487 e. The summed E-state index contributed by atoms with van der Waals surface area (Å²) in [5.74, 6) is 0.454.